The van der Waals surface area contributed by atoms with E-state index >= 15 is 0 Å². The van der Waals surface area contributed by atoms with Crippen molar-refractivity contribution in [2.45, 2.75) is 0 Å². The largest absolute Gasteiger partial charge is 0.465 e. The van der Waals surface area contributed by atoms with E-state index in [2.05, 4.69) is 10.2 Å². The Morgan fingerprint density at radius 1 is 1.14 bits per heavy atom. The first-order valence-corrected chi connectivity index (χ1v) is 7.66. The van der Waals surface area contributed by atoms with Gasteiger partial charge >= 0.3 is 6.09 Å². The molecule has 0 spiro atoms. The lowest BCUT2D eigenvalue weighted by Crippen LogP contribution is -2.50. The van der Waals surface area contributed by atoms with E-state index in [-0.39, 0.29) is 5.91 Å². The lowest BCUT2D eigenvalue weighted by atomic mass is 10.2. The quantitative estimate of drug-likeness (QED) is 0.875. The highest BCUT2D eigenvalue weighted by molar-refractivity contribution is 6.42. The Kier molecular flexibility index (Phi) is 5.88. The normalized spacial score (nSPS) is 15.6. The van der Waals surface area contributed by atoms with Crippen molar-refractivity contribution in [3.63, 3.8) is 0 Å². The molecule has 2 amide bonds. The maximum absolute atomic E-state index is 12.4. The summed E-state index contributed by atoms with van der Waals surface area (Å²) in [4.78, 5) is 26.7. The van der Waals surface area contributed by atoms with E-state index in [1.165, 1.54) is 0 Å². The molecule has 8 heteroatoms. The van der Waals surface area contributed by atoms with Gasteiger partial charge in [0, 0.05) is 44.8 Å². The van der Waals surface area contributed by atoms with Gasteiger partial charge in [-0.05, 0) is 18.2 Å². The molecule has 2 rings (SSSR count). The van der Waals surface area contributed by atoms with Gasteiger partial charge in [0.05, 0.1) is 10.0 Å². The Bertz CT molecular complexity index is 560. The van der Waals surface area contributed by atoms with Crippen LogP contribution in [0.5, 0.6) is 0 Å². The zero-order valence-electron chi connectivity index (χ0n) is 11.9. The summed E-state index contributed by atoms with van der Waals surface area (Å²) >= 11 is 11.8. The van der Waals surface area contributed by atoms with Crippen LogP contribution in [0.1, 0.15) is 10.4 Å². The fraction of sp³-hybridized carbons (Fsp3) is 0.429. The summed E-state index contributed by atoms with van der Waals surface area (Å²) in [6.45, 7) is 3.66. The van der Waals surface area contributed by atoms with E-state index in [4.69, 9.17) is 28.3 Å². The van der Waals surface area contributed by atoms with E-state index < -0.39 is 6.09 Å². The predicted molar refractivity (Wildman–Crippen MR) is 84.8 cm³/mol. The number of hydrogen-bond donors (Lipinski definition) is 2. The molecule has 0 aliphatic carbocycles. The van der Waals surface area contributed by atoms with Crippen LogP contribution in [0.15, 0.2) is 18.2 Å². The van der Waals surface area contributed by atoms with Crippen molar-refractivity contribution >= 4 is 35.2 Å². The molecule has 1 fully saturated rings. The molecule has 6 nitrogen and oxygen atoms in total. The fourth-order valence-electron chi connectivity index (χ4n) is 2.31. The zero-order chi connectivity index (χ0) is 16.1. The van der Waals surface area contributed by atoms with Gasteiger partial charge in [0.15, 0.2) is 0 Å². The minimum atomic E-state index is -1.02. The molecule has 1 heterocycles. The Morgan fingerprint density at radius 3 is 2.41 bits per heavy atom. The van der Waals surface area contributed by atoms with Gasteiger partial charge in [-0.25, -0.2) is 4.79 Å². The lowest BCUT2D eigenvalue weighted by molar-refractivity contribution is 0.0639. The van der Waals surface area contributed by atoms with Gasteiger partial charge in [-0.3, -0.25) is 9.69 Å². The summed E-state index contributed by atoms with van der Waals surface area (Å²) in [5.74, 6) is -0.0677. The van der Waals surface area contributed by atoms with Crippen LogP contribution in [-0.2, 0) is 0 Å². The first-order valence-electron chi connectivity index (χ1n) is 6.91. The van der Waals surface area contributed by atoms with Gasteiger partial charge in [-0.15, -0.1) is 0 Å². The summed E-state index contributed by atoms with van der Waals surface area (Å²) in [5.41, 5.74) is 0.524. The SMILES string of the molecule is O=C(O)NCCN1CCN(C(=O)c2ccc(Cl)c(Cl)c2)CC1. The molecule has 0 saturated carbocycles. The summed E-state index contributed by atoms with van der Waals surface area (Å²) in [6, 6.07) is 4.86. The highest BCUT2D eigenvalue weighted by Crippen LogP contribution is 2.23. The standard InChI is InChI=1S/C14H17Cl2N3O3/c15-11-2-1-10(9-12(11)16)13(20)19-7-5-18(6-8-19)4-3-17-14(21)22/h1-2,9,17H,3-8H2,(H,21,22). The van der Waals surface area contributed by atoms with E-state index in [0.29, 0.717) is 54.9 Å². The van der Waals surface area contributed by atoms with Crippen molar-refractivity contribution in [2.75, 3.05) is 39.3 Å². The van der Waals surface area contributed by atoms with Gasteiger partial charge in [0.1, 0.15) is 0 Å². The molecule has 0 bridgehead atoms. The Labute approximate surface area is 138 Å². The zero-order valence-corrected chi connectivity index (χ0v) is 13.4. The number of nitrogens with zero attached hydrogens (tertiary/aromatic N) is 2. The number of halogens is 2. The minimum absolute atomic E-state index is 0.0677. The van der Waals surface area contributed by atoms with E-state index in [1.54, 1.807) is 23.1 Å². The summed E-state index contributed by atoms with van der Waals surface area (Å²) in [5, 5.41) is 11.6. The average molecular weight is 346 g/mol. The average Bonchev–Trinajstić information content (AvgIpc) is 2.50. The second-order valence-electron chi connectivity index (χ2n) is 4.99. The molecule has 0 radical (unpaired) electrons. The van der Waals surface area contributed by atoms with Crippen LogP contribution >= 0.6 is 23.2 Å². The molecule has 1 aliphatic heterocycles. The maximum Gasteiger partial charge on any atom is 0.404 e. The molecule has 120 valence electrons. The minimum Gasteiger partial charge on any atom is -0.465 e. The van der Waals surface area contributed by atoms with Crippen LogP contribution in [0.25, 0.3) is 0 Å². The molecule has 1 aromatic carbocycles. The van der Waals surface area contributed by atoms with Crippen LogP contribution in [0.2, 0.25) is 10.0 Å². The highest BCUT2D eigenvalue weighted by atomic mass is 35.5. The number of hydrogen-bond acceptors (Lipinski definition) is 3. The van der Waals surface area contributed by atoms with Crippen LogP contribution in [0, 0.1) is 0 Å². The van der Waals surface area contributed by atoms with E-state index in [0.717, 1.165) is 0 Å². The van der Waals surface area contributed by atoms with Crippen LogP contribution in [-0.4, -0.2) is 66.2 Å². The number of carbonyl (C=O) groups is 2. The van der Waals surface area contributed by atoms with Crippen molar-refractivity contribution in [1.82, 2.24) is 15.1 Å². The highest BCUT2D eigenvalue weighted by Gasteiger charge is 2.22. The maximum atomic E-state index is 12.4. The number of carbonyl (C=O) groups excluding carboxylic acids is 1. The topological polar surface area (TPSA) is 72.9 Å². The molecule has 1 aliphatic rings. The monoisotopic (exact) mass is 345 g/mol. The first-order chi connectivity index (χ1) is 10.5. The van der Waals surface area contributed by atoms with Gasteiger partial charge in [0.2, 0.25) is 0 Å². The molecule has 2 N–H and O–H groups in total. The number of piperazine rings is 1. The molecule has 1 saturated heterocycles. The molecular weight excluding hydrogens is 329 g/mol. The second-order valence-corrected chi connectivity index (χ2v) is 5.81. The van der Waals surface area contributed by atoms with Crippen molar-refractivity contribution < 1.29 is 14.7 Å². The number of rotatable bonds is 4. The molecule has 0 unspecified atom stereocenters. The van der Waals surface area contributed by atoms with Crippen molar-refractivity contribution in [1.29, 1.82) is 0 Å². The van der Waals surface area contributed by atoms with E-state index in [1.807, 2.05) is 0 Å². The van der Waals surface area contributed by atoms with E-state index in [9.17, 15) is 9.59 Å². The number of carboxylic acid groups (broad SMARTS) is 1. The van der Waals surface area contributed by atoms with Crippen LogP contribution in [0.4, 0.5) is 4.79 Å². The summed E-state index contributed by atoms with van der Waals surface area (Å²) in [6.07, 6.45) is -1.02. The third kappa shape index (κ3) is 4.50. The summed E-state index contributed by atoms with van der Waals surface area (Å²) in [7, 11) is 0. The molecule has 22 heavy (non-hydrogen) atoms. The molecule has 1 aromatic rings. The lowest BCUT2D eigenvalue weighted by Gasteiger charge is -2.34. The summed E-state index contributed by atoms with van der Waals surface area (Å²) < 4.78 is 0. The number of benzene rings is 1. The third-order valence-electron chi connectivity index (χ3n) is 3.53. The van der Waals surface area contributed by atoms with Gasteiger partial charge in [-0.2, -0.15) is 0 Å². The third-order valence-corrected chi connectivity index (χ3v) is 4.27. The van der Waals surface area contributed by atoms with Crippen molar-refractivity contribution in [3.05, 3.63) is 33.8 Å². The first kappa shape index (κ1) is 16.9. The Balaban J connectivity index is 1.84. The molecule has 0 atom stereocenters. The number of amides is 2. The van der Waals surface area contributed by atoms with Crippen LogP contribution in [0.3, 0.4) is 0 Å². The fourth-order valence-corrected chi connectivity index (χ4v) is 2.61. The molecule has 0 aromatic heterocycles. The Morgan fingerprint density at radius 2 is 1.82 bits per heavy atom. The van der Waals surface area contributed by atoms with Crippen molar-refractivity contribution in [2.24, 2.45) is 0 Å². The van der Waals surface area contributed by atoms with Gasteiger partial charge < -0.3 is 15.3 Å². The molecular formula is C14H17Cl2N3O3. The number of nitrogens with one attached hydrogen (secondary N) is 1. The second kappa shape index (κ2) is 7.67. The smallest absolute Gasteiger partial charge is 0.404 e. The predicted octanol–water partition coefficient (Wildman–Crippen LogP) is 2.02. The van der Waals surface area contributed by atoms with Gasteiger partial charge in [0.25, 0.3) is 5.91 Å². The van der Waals surface area contributed by atoms with Crippen molar-refractivity contribution in [3.8, 4) is 0 Å². The Hall–Kier alpha value is -1.50. The van der Waals surface area contributed by atoms with Crippen LogP contribution < -0.4 is 5.32 Å². The van der Waals surface area contributed by atoms with Gasteiger partial charge in [-0.1, -0.05) is 23.2 Å².